The van der Waals surface area contributed by atoms with Crippen molar-refractivity contribution in [2.75, 3.05) is 13.7 Å². The number of ether oxygens (including phenoxy) is 1. The summed E-state index contributed by atoms with van der Waals surface area (Å²) in [6.45, 7) is 1.03. The van der Waals surface area contributed by atoms with Gasteiger partial charge in [0, 0.05) is 11.6 Å². The number of aromatic hydroxyl groups is 1. The van der Waals surface area contributed by atoms with Crippen LogP contribution in [-0.4, -0.2) is 18.8 Å². The maximum absolute atomic E-state index is 9.98. The number of methoxy groups -OCH3 is 1. The van der Waals surface area contributed by atoms with E-state index >= 15 is 0 Å². The van der Waals surface area contributed by atoms with Gasteiger partial charge >= 0.3 is 0 Å². The zero-order chi connectivity index (χ0) is 10.7. The molecule has 0 bridgehead atoms. The van der Waals surface area contributed by atoms with Crippen molar-refractivity contribution in [2.24, 2.45) is 0 Å². The van der Waals surface area contributed by atoms with E-state index in [2.05, 4.69) is 5.32 Å². The van der Waals surface area contributed by atoms with Crippen LogP contribution in [0.15, 0.2) is 18.2 Å². The van der Waals surface area contributed by atoms with Crippen LogP contribution in [0, 0.1) is 0 Å². The highest BCUT2D eigenvalue weighted by atomic mass is 35.5. The second-order valence-corrected chi connectivity index (χ2v) is 3.90. The largest absolute Gasteiger partial charge is 0.504 e. The Kier molecular flexibility index (Phi) is 4.90. The third-order valence-corrected chi connectivity index (χ3v) is 2.94. The van der Waals surface area contributed by atoms with Crippen molar-refractivity contribution in [2.45, 2.75) is 25.3 Å². The van der Waals surface area contributed by atoms with E-state index in [-0.39, 0.29) is 24.2 Å². The first-order chi connectivity index (χ1) is 7.33. The average molecular weight is 244 g/mol. The molecule has 90 valence electrons. The normalized spacial score (nSPS) is 19.9. The van der Waals surface area contributed by atoms with Crippen LogP contribution < -0.4 is 10.1 Å². The molecular formula is C12H18ClNO2. The number of phenols is 1. The maximum Gasteiger partial charge on any atom is 0.162 e. The molecule has 1 aromatic carbocycles. The van der Waals surface area contributed by atoms with Crippen molar-refractivity contribution in [1.82, 2.24) is 5.32 Å². The summed E-state index contributed by atoms with van der Waals surface area (Å²) in [6.07, 6.45) is 3.52. The van der Waals surface area contributed by atoms with Crippen LogP contribution in [0.1, 0.15) is 30.9 Å². The van der Waals surface area contributed by atoms with E-state index in [1.54, 1.807) is 13.2 Å². The Bertz CT molecular complexity index is 338. The Morgan fingerprint density at radius 1 is 1.38 bits per heavy atom. The minimum Gasteiger partial charge on any atom is -0.504 e. The molecule has 1 aliphatic heterocycles. The minimum atomic E-state index is 0. The summed E-state index contributed by atoms with van der Waals surface area (Å²) < 4.78 is 5.10. The Labute approximate surface area is 102 Å². The molecule has 1 aliphatic rings. The van der Waals surface area contributed by atoms with Crippen LogP contribution in [-0.2, 0) is 0 Å². The van der Waals surface area contributed by atoms with Gasteiger partial charge in [0.1, 0.15) is 0 Å². The van der Waals surface area contributed by atoms with Gasteiger partial charge in [0.05, 0.1) is 7.11 Å². The molecule has 1 atom stereocenters. The van der Waals surface area contributed by atoms with Gasteiger partial charge in [0.2, 0.25) is 0 Å². The molecule has 1 fully saturated rings. The van der Waals surface area contributed by atoms with Gasteiger partial charge in [-0.25, -0.2) is 0 Å². The van der Waals surface area contributed by atoms with Crippen molar-refractivity contribution >= 4 is 12.4 Å². The molecule has 1 aromatic rings. The minimum absolute atomic E-state index is 0. The predicted molar refractivity (Wildman–Crippen MR) is 66.5 cm³/mol. The summed E-state index contributed by atoms with van der Waals surface area (Å²) >= 11 is 0. The van der Waals surface area contributed by atoms with Crippen molar-refractivity contribution in [3.63, 3.8) is 0 Å². The molecule has 0 saturated carbocycles. The predicted octanol–water partition coefficient (Wildman–Crippen LogP) is 2.64. The number of rotatable bonds is 2. The molecule has 3 nitrogen and oxygen atoms in total. The first kappa shape index (κ1) is 13.1. The summed E-state index contributed by atoms with van der Waals surface area (Å²) in [5, 5.41) is 13.4. The first-order valence-corrected chi connectivity index (χ1v) is 5.42. The molecule has 0 aromatic heterocycles. The highest BCUT2D eigenvalue weighted by Gasteiger charge is 2.19. The lowest BCUT2D eigenvalue weighted by atomic mass is 9.96. The quantitative estimate of drug-likeness (QED) is 0.839. The fraction of sp³-hybridized carbons (Fsp3) is 0.500. The second kappa shape index (κ2) is 5.97. The zero-order valence-corrected chi connectivity index (χ0v) is 10.2. The Morgan fingerprint density at radius 2 is 2.19 bits per heavy atom. The molecule has 0 spiro atoms. The fourth-order valence-corrected chi connectivity index (χ4v) is 2.10. The number of hydrogen-bond donors (Lipinski definition) is 2. The van der Waals surface area contributed by atoms with Crippen LogP contribution in [0.4, 0.5) is 0 Å². The van der Waals surface area contributed by atoms with Crippen molar-refractivity contribution < 1.29 is 9.84 Å². The second-order valence-electron chi connectivity index (χ2n) is 3.90. The van der Waals surface area contributed by atoms with Crippen LogP contribution >= 0.6 is 12.4 Å². The standard InChI is InChI=1S/C12H17NO2.ClH/c1-15-11-7-4-5-9(12(11)14)10-6-2-3-8-13-10;/h4-5,7,10,13-14H,2-3,6,8H2,1H3;1H/t10-;/m1./s1. The monoisotopic (exact) mass is 243 g/mol. The number of hydrogen-bond acceptors (Lipinski definition) is 3. The number of para-hydroxylation sites is 1. The fourth-order valence-electron chi connectivity index (χ4n) is 2.10. The van der Waals surface area contributed by atoms with Gasteiger partial charge in [-0.1, -0.05) is 18.6 Å². The van der Waals surface area contributed by atoms with E-state index in [9.17, 15) is 5.11 Å². The summed E-state index contributed by atoms with van der Waals surface area (Å²) in [5.74, 6) is 0.833. The lowest BCUT2D eigenvalue weighted by Gasteiger charge is -2.24. The topological polar surface area (TPSA) is 41.5 Å². The van der Waals surface area contributed by atoms with Gasteiger partial charge in [0.15, 0.2) is 11.5 Å². The molecule has 0 amide bonds. The zero-order valence-electron chi connectivity index (χ0n) is 9.40. The highest BCUT2D eigenvalue weighted by molar-refractivity contribution is 5.85. The Balaban J connectivity index is 0.00000128. The molecule has 1 saturated heterocycles. The smallest absolute Gasteiger partial charge is 0.162 e. The van der Waals surface area contributed by atoms with E-state index in [1.807, 2.05) is 12.1 Å². The van der Waals surface area contributed by atoms with Crippen molar-refractivity contribution in [3.8, 4) is 11.5 Å². The lowest BCUT2D eigenvalue weighted by Crippen LogP contribution is -2.26. The molecule has 2 N–H and O–H groups in total. The lowest BCUT2D eigenvalue weighted by molar-refractivity contribution is 0.354. The van der Waals surface area contributed by atoms with Gasteiger partial charge in [-0.15, -0.1) is 12.4 Å². The molecule has 0 aliphatic carbocycles. The maximum atomic E-state index is 9.98. The Hall–Kier alpha value is -0.930. The summed E-state index contributed by atoms with van der Waals surface area (Å²) in [4.78, 5) is 0. The highest BCUT2D eigenvalue weighted by Crippen LogP contribution is 2.36. The van der Waals surface area contributed by atoms with Crippen LogP contribution in [0.25, 0.3) is 0 Å². The number of phenolic OH excluding ortho intramolecular Hbond substituents is 1. The van der Waals surface area contributed by atoms with Crippen molar-refractivity contribution in [3.05, 3.63) is 23.8 Å². The molecular weight excluding hydrogens is 226 g/mol. The molecule has 4 heteroatoms. The average Bonchev–Trinajstić information content (AvgIpc) is 2.30. The van der Waals surface area contributed by atoms with Gasteiger partial charge in [-0.3, -0.25) is 0 Å². The van der Waals surface area contributed by atoms with Crippen LogP contribution in [0.2, 0.25) is 0 Å². The Morgan fingerprint density at radius 3 is 2.81 bits per heavy atom. The first-order valence-electron chi connectivity index (χ1n) is 5.42. The number of piperidine rings is 1. The number of benzene rings is 1. The molecule has 0 radical (unpaired) electrons. The molecule has 16 heavy (non-hydrogen) atoms. The van der Waals surface area contributed by atoms with E-state index < -0.39 is 0 Å². The molecule has 1 heterocycles. The number of halogens is 1. The van der Waals surface area contributed by atoms with E-state index in [0.717, 1.165) is 18.5 Å². The van der Waals surface area contributed by atoms with Crippen LogP contribution in [0.5, 0.6) is 11.5 Å². The van der Waals surface area contributed by atoms with Crippen LogP contribution in [0.3, 0.4) is 0 Å². The van der Waals surface area contributed by atoms with Gasteiger partial charge in [0.25, 0.3) is 0 Å². The molecule has 2 rings (SSSR count). The SMILES string of the molecule is COc1cccc([C@H]2CCCCN2)c1O.Cl. The van der Waals surface area contributed by atoms with E-state index in [1.165, 1.54) is 12.8 Å². The summed E-state index contributed by atoms with van der Waals surface area (Å²) in [5.41, 5.74) is 0.953. The van der Waals surface area contributed by atoms with E-state index in [0.29, 0.717) is 5.75 Å². The van der Waals surface area contributed by atoms with Gasteiger partial charge < -0.3 is 15.2 Å². The van der Waals surface area contributed by atoms with E-state index in [4.69, 9.17) is 4.74 Å². The van der Waals surface area contributed by atoms with Gasteiger partial charge in [-0.05, 0) is 25.5 Å². The number of nitrogens with one attached hydrogen (secondary N) is 1. The third-order valence-electron chi connectivity index (χ3n) is 2.94. The summed E-state index contributed by atoms with van der Waals surface area (Å²) in [7, 11) is 1.58. The third kappa shape index (κ3) is 2.60. The van der Waals surface area contributed by atoms with Crippen molar-refractivity contribution in [1.29, 1.82) is 0 Å². The molecule has 0 unspecified atom stereocenters. The van der Waals surface area contributed by atoms with Gasteiger partial charge in [-0.2, -0.15) is 0 Å². The summed E-state index contributed by atoms with van der Waals surface area (Å²) in [6, 6.07) is 5.93.